The Bertz CT molecular complexity index is 488. The number of rotatable bonds is 4. The molecule has 90 valence electrons. The summed E-state index contributed by atoms with van der Waals surface area (Å²) in [4.78, 5) is 0. The maximum Gasteiger partial charge on any atom is 0.138 e. The Hall–Kier alpha value is -1.74. The molecule has 0 saturated heterocycles. The van der Waals surface area contributed by atoms with Gasteiger partial charge in [0.25, 0.3) is 0 Å². The lowest BCUT2D eigenvalue weighted by atomic mass is 10.1. The van der Waals surface area contributed by atoms with E-state index < -0.39 is 0 Å². The van der Waals surface area contributed by atoms with Gasteiger partial charge in [-0.25, -0.2) is 0 Å². The number of hydrogen-bond acceptors (Lipinski definition) is 3. The van der Waals surface area contributed by atoms with E-state index >= 15 is 0 Å². The van der Waals surface area contributed by atoms with Crippen LogP contribution in [-0.4, -0.2) is 6.10 Å². The van der Waals surface area contributed by atoms with E-state index in [1.54, 1.807) is 0 Å². The number of nitrogens with two attached hydrogens (primary N) is 1. The van der Waals surface area contributed by atoms with Crippen molar-refractivity contribution < 1.29 is 9.15 Å². The summed E-state index contributed by atoms with van der Waals surface area (Å²) in [7, 11) is 0. The quantitative estimate of drug-likeness (QED) is 0.879. The summed E-state index contributed by atoms with van der Waals surface area (Å²) in [5, 5.41) is 0. The summed E-state index contributed by atoms with van der Waals surface area (Å²) in [6.45, 7) is 4.42. The topological polar surface area (TPSA) is 48.4 Å². The molecule has 0 aliphatic heterocycles. The van der Waals surface area contributed by atoms with Crippen LogP contribution in [0.1, 0.15) is 19.6 Å². The lowest BCUT2D eigenvalue weighted by Gasteiger charge is -2.12. The zero-order chi connectivity index (χ0) is 12.3. The minimum Gasteiger partial charge on any atom is -0.490 e. The largest absolute Gasteiger partial charge is 0.490 e. The Labute approximate surface area is 101 Å². The van der Waals surface area contributed by atoms with Gasteiger partial charge in [0, 0.05) is 0 Å². The molecule has 0 saturated carbocycles. The van der Waals surface area contributed by atoms with Gasteiger partial charge in [-0.15, -0.1) is 0 Å². The highest BCUT2D eigenvalue weighted by Gasteiger charge is 2.10. The second kappa shape index (κ2) is 5.06. The van der Waals surface area contributed by atoms with E-state index in [9.17, 15) is 0 Å². The van der Waals surface area contributed by atoms with Crippen molar-refractivity contribution >= 4 is 0 Å². The van der Waals surface area contributed by atoms with E-state index in [0.29, 0.717) is 6.54 Å². The molecule has 0 radical (unpaired) electrons. The lowest BCUT2D eigenvalue weighted by Crippen LogP contribution is -2.06. The molecule has 0 spiro atoms. The third kappa shape index (κ3) is 2.68. The molecule has 0 aliphatic carbocycles. The molecule has 1 aromatic heterocycles. The normalized spacial score (nSPS) is 10.8. The zero-order valence-corrected chi connectivity index (χ0v) is 10.1. The van der Waals surface area contributed by atoms with Gasteiger partial charge in [0.05, 0.1) is 18.2 Å². The summed E-state index contributed by atoms with van der Waals surface area (Å²) in [5.74, 6) is 2.40. The molecule has 0 aliphatic rings. The van der Waals surface area contributed by atoms with Gasteiger partial charge in [-0.3, -0.25) is 0 Å². The van der Waals surface area contributed by atoms with Crippen molar-refractivity contribution in [1.29, 1.82) is 0 Å². The van der Waals surface area contributed by atoms with E-state index in [1.807, 2.05) is 50.2 Å². The highest BCUT2D eigenvalue weighted by atomic mass is 16.5. The first-order valence-corrected chi connectivity index (χ1v) is 5.75. The summed E-state index contributed by atoms with van der Waals surface area (Å²) < 4.78 is 11.4. The Morgan fingerprint density at radius 1 is 1.18 bits per heavy atom. The molecule has 0 amide bonds. The first kappa shape index (κ1) is 11.7. The summed E-state index contributed by atoms with van der Waals surface area (Å²) in [5.41, 5.74) is 6.49. The molecule has 1 aromatic carbocycles. The number of hydrogen-bond donors (Lipinski definition) is 1. The van der Waals surface area contributed by atoms with Crippen LogP contribution in [0.4, 0.5) is 0 Å². The Morgan fingerprint density at radius 2 is 1.94 bits per heavy atom. The summed E-state index contributed by atoms with van der Waals surface area (Å²) in [6.07, 6.45) is 0.139. The highest BCUT2D eigenvalue weighted by Crippen LogP contribution is 2.31. The van der Waals surface area contributed by atoms with E-state index in [1.165, 1.54) is 0 Å². The second-order valence-corrected chi connectivity index (χ2v) is 4.13. The second-order valence-electron chi connectivity index (χ2n) is 4.13. The van der Waals surface area contributed by atoms with Crippen molar-refractivity contribution in [2.24, 2.45) is 5.73 Å². The van der Waals surface area contributed by atoms with Gasteiger partial charge in [-0.2, -0.15) is 0 Å². The first-order valence-electron chi connectivity index (χ1n) is 5.75. The maximum atomic E-state index is 5.75. The molecule has 2 rings (SSSR count). The zero-order valence-electron chi connectivity index (χ0n) is 10.1. The van der Waals surface area contributed by atoms with Gasteiger partial charge in [0.2, 0.25) is 0 Å². The fourth-order valence-electron chi connectivity index (χ4n) is 1.66. The molecule has 0 unspecified atom stereocenters. The Morgan fingerprint density at radius 3 is 2.59 bits per heavy atom. The van der Waals surface area contributed by atoms with Crippen LogP contribution in [0.25, 0.3) is 11.3 Å². The minimum absolute atomic E-state index is 0.139. The van der Waals surface area contributed by atoms with Crippen molar-refractivity contribution in [2.75, 3.05) is 0 Å². The first-order chi connectivity index (χ1) is 8.20. The van der Waals surface area contributed by atoms with E-state index in [-0.39, 0.29) is 6.10 Å². The molecule has 1 heterocycles. The molecule has 0 bridgehead atoms. The van der Waals surface area contributed by atoms with Crippen LogP contribution in [0.15, 0.2) is 40.8 Å². The van der Waals surface area contributed by atoms with Crippen LogP contribution < -0.4 is 10.5 Å². The van der Waals surface area contributed by atoms with E-state index in [2.05, 4.69) is 0 Å². The van der Waals surface area contributed by atoms with Crippen molar-refractivity contribution in [3.05, 3.63) is 42.2 Å². The molecule has 2 aromatic rings. The Kier molecular flexibility index (Phi) is 3.49. The predicted molar refractivity (Wildman–Crippen MR) is 67.8 cm³/mol. The molecular weight excluding hydrogens is 214 g/mol. The van der Waals surface area contributed by atoms with Crippen LogP contribution in [0.3, 0.4) is 0 Å². The SMILES string of the molecule is CC(C)Oc1ccccc1-c1ccc(CN)o1. The summed E-state index contributed by atoms with van der Waals surface area (Å²) in [6, 6.07) is 11.7. The number of furan rings is 1. The highest BCUT2D eigenvalue weighted by molar-refractivity contribution is 5.65. The minimum atomic E-state index is 0.139. The van der Waals surface area contributed by atoms with Gasteiger partial charge < -0.3 is 14.9 Å². The van der Waals surface area contributed by atoms with Crippen molar-refractivity contribution in [3.63, 3.8) is 0 Å². The van der Waals surface area contributed by atoms with Crippen LogP contribution >= 0.6 is 0 Å². The molecule has 0 fully saturated rings. The molecule has 0 atom stereocenters. The van der Waals surface area contributed by atoms with Crippen LogP contribution in [-0.2, 0) is 6.54 Å². The average Bonchev–Trinajstić information content (AvgIpc) is 2.77. The third-order valence-corrected chi connectivity index (χ3v) is 2.38. The third-order valence-electron chi connectivity index (χ3n) is 2.38. The van der Waals surface area contributed by atoms with Gasteiger partial charge in [0.1, 0.15) is 17.3 Å². The van der Waals surface area contributed by atoms with Crippen molar-refractivity contribution in [2.45, 2.75) is 26.5 Å². The van der Waals surface area contributed by atoms with Crippen molar-refractivity contribution in [1.82, 2.24) is 0 Å². The number of para-hydroxylation sites is 1. The van der Waals surface area contributed by atoms with Gasteiger partial charge in [-0.1, -0.05) is 12.1 Å². The van der Waals surface area contributed by atoms with E-state index in [4.69, 9.17) is 14.9 Å². The standard InChI is InChI=1S/C14H17NO2/c1-10(2)16-13-6-4-3-5-12(13)14-8-7-11(9-15)17-14/h3-8,10H,9,15H2,1-2H3. The smallest absolute Gasteiger partial charge is 0.138 e. The van der Waals surface area contributed by atoms with Gasteiger partial charge in [-0.05, 0) is 38.1 Å². The monoisotopic (exact) mass is 231 g/mol. The van der Waals surface area contributed by atoms with Gasteiger partial charge >= 0.3 is 0 Å². The molecule has 3 nitrogen and oxygen atoms in total. The molecule has 17 heavy (non-hydrogen) atoms. The predicted octanol–water partition coefficient (Wildman–Crippen LogP) is 3.19. The fraction of sp³-hybridized carbons (Fsp3) is 0.286. The van der Waals surface area contributed by atoms with Crippen LogP contribution in [0.5, 0.6) is 5.75 Å². The number of benzene rings is 1. The molecule has 2 N–H and O–H groups in total. The van der Waals surface area contributed by atoms with E-state index in [0.717, 1.165) is 22.8 Å². The maximum absolute atomic E-state index is 5.75. The van der Waals surface area contributed by atoms with Crippen molar-refractivity contribution in [3.8, 4) is 17.1 Å². The molecule has 3 heteroatoms. The number of ether oxygens (including phenoxy) is 1. The molecular formula is C14H17NO2. The average molecular weight is 231 g/mol. The fourth-order valence-corrected chi connectivity index (χ4v) is 1.66. The van der Waals surface area contributed by atoms with Gasteiger partial charge in [0.15, 0.2) is 0 Å². The summed E-state index contributed by atoms with van der Waals surface area (Å²) >= 11 is 0. The van der Waals surface area contributed by atoms with Crippen LogP contribution in [0.2, 0.25) is 0 Å². The van der Waals surface area contributed by atoms with Crippen LogP contribution in [0, 0.1) is 0 Å². The lowest BCUT2D eigenvalue weighted by molar-refractivity contribution is 0.243. The Balaban J connectivity index is 2.36.